The smallest absolute Gasteiger partial charge is 0.242 e. The standard InChI is InChI=1S/C18H27N5O2/c1-14-12-15(2)20-18(19-14)22-9-5-8-21(10-11-22)17(25)13-23-7-4-3-6-16(23)24/h12H,3-11,13H2,1-2H3. The van der Waals surface area contributed by atoms with Gasteiger partial charge in [0.25, 0.3) is 0 Å². The minimum absolute atomic E-state index is 0.0541. The van der Waals surface area contributed by atoms with Crippen molar-refractivity contribution in [3.63, 3.8) is 0 Å². The van der Waals surface area contributed by atoms with E-state index in [-0.39, 0.29) is 18.4 Å². The number of rotatable bonds is 3. The molecule has 0 atom stereocenters. The zero-order valence-electron chi connectivity index (χ0n) is 15.2. The number of aryl methyl sites for hydroxylation is 2. The maximum atomic E-state index is 12.6. The van der Waals surface area contributed by atoms with Crippen LogP contribution in [0, 0.1) is 13.8 Å². The Bertz CT molecular complexity index is 628. The molecule has 0 saturated carbocycles. The number of piperidine rings is 1. The second-order valence-corrected chi connectivity index (χ2v) is 6.94. The van der Waals surface area contributed by atoms with Crippen LogP contribution in [0.25, 0.3) is 0 Å². The van der Waals surface area contributed by atoms with Gasteiger partial charge in [-0.3, -0.25) is 9.59 Å². The Morgan fingerprint density at radius 1 is 1.00 bits per heavy atom. The summed E-state index contributed by atoms with van der Waals surface area (Å²) in [5.74, 6) is 0.913. The molecular weight excluding hydrogens is 318 g/mol. The third-order valence-electron chi connectivity index (χ3n) is 4.85. The second-order valence-electron chi connectivity index (χ2n) is 6.94. The quantitative estimate of drug-likeness (QED) is 0.822. The third-order valence-corrected chi connectivity index (χ3v) is 4.85. The van der Waals surface area contributed by atoms with E-state index >= 15 is 0 Å². The molecule has 25 heavy (non-hydrogen) atoms. The SMILES string of the molecule is Cc1cc(C)nc(N2CCCN(C(=O)CN3CCCCC3=O)CC2)n1. The van der Waals surface area contributed by atoms with Crippen molar-refractivity contribution >= 4 is 17.8 Å². The highest BCUT2D eigenvalue weighted by Crippen LogP contribution is 2.15. The summed E-state index contributed by atoms with van der Waals surface area (Å²) in [6.45, 7) is 7.82. The van der Waals surface area contributed by atoms with Crippen LogP contribution >= 0.6 is 0 Å². The average Bonchev–Trinajstić information content (AvgIpc) is 2.82. The van der Waals surface area contributed by atoms with Gasteiger partial charge >= 0.3 is 0 Å². The number of anilines is 1. The molecule has 0 N–H and O–H groups in total. The topological polar surface area (TPSA) is 69.6 Å². The number of carbonyl (C=O) groups is 2. The maximum Gasteiger partial charge on any atom is 0.242 e. The van der Waals surface area contributed by atoms with Crippen LogP contribution in [-0.2, 0) is 9.59 Å². The molecule has 1 aromatic rings. The molecule has 7 heteroatoms. The van der Waals surface area contributed by atoms with E-state index in [2.05, 4.69) is 14.9 Å². The van der Waals surface area contributed by atoms with Crippen molar-refractivity contribution in [2.24, 2.45) is 0 Å². The highest BCUT2D eigenvalue weighted by atomic mass is 16.2. The monoisotopic (exact) mass is 345 g/mol. The molecule has 7 nitrogen and oxygen atoms in total. The zero-order valence-corrected chi connectivity index (χ0v) is 15.2. The molecule has 136 valence electrons. The Labute approximate surface area is 149 Å². The molecule has 3 rings (SSSR count). The molecule has 0 aromatic carbocycles. The highest BCUT2D eigenvalue weighted by Gasteiger charge is 2.25. The number of nitrogens with zero attached hydrogens (tertiary/aromatic N) is 5. The predicted octanol–water partition coefficient (Wildman–Crippen LogP) is 1.14. The van der Waals surface area contributed by atoms with Gasteiger partial charge in [-0.25, -0.2) is 9.97 Å². The van der Waals surface area contributed by atoms with Crippen LogP contribution in [0.2, 0.25) is 0 Å². The van der Waals surface area contributed by atoms with Crippen LogP contribution in [0.1, 0.15) is 37.1 Å². The minimum Gasteiger partial charge on any atom is -0.339 e. The van der Waals surface area contributed by atoms with Gasteiger partial charge in [-0.15, -0.1) is 0 Å². The van der Waals surface area contributed by atoms with Gasteiger partial charge in [-0.1, -0.05) is 0 Å². The first kappa shape index (κ1) is 17.6. The van der Waals surface area contributed by atoms with Crippen molar-refractivity contribution in [1.29, 1.82) is 0 Å². The maximum absolute atomic E-state index is 12.6. The normalized spacial score (nSPS) is 19.1. The number of amides is 2. The van der Waals surface area contributed by atoms with E-state index in [1.165, 1.54) is 0 Å². The summed E-state index contributed by atoms with van der Waals surface area (Å²) in [6, 6.07) is 1.97. The Morgan fingerprint density at radius 3 is 2.48 bits per heavy atom. The van der Waals surface area contributed by atoms with Gasteiger partial charge in [0.2, 0.25) is 17.8 Å². The molecule has 3 heterocycles. The molecule has 2 aliphatic rings. The Kier molecular flexibility index (Phi) is 5.50. The Balaban J connectivity index is 1.59. The molecule has 0 spiro atoms. The number of likely N-dealkylation sites (tertiary alicyclic amines) is 1. The molecule has 2 aliphatic heterocycles. The molecule has 0 unspecified atom stereocenters. The molecule has 2 fully saturated rings. The molecule has 2 saturated heterocycles. The van der Waals surface area contributed by atoms with E-state index in [1.807, 2.05) is 24.8 Å². The Morgan fingerprint density at radius 2 is 1.76 bits per heavy atom. The van der Waals surface area contributed by atoms with Gasteiger partial charge in [0, 0.05) is 50.5 Å². The lowest BCUT2D eigenvalue weighted by molar-refractivity contribution is -0.141. The van der Waals surface area contributed by atoms with E-state index in [4.69, 9.17) is 0 Å². The molecule has 0 aliphatic carbocycles. The van der Waals surface area contributed by atoms with Crippen LogP contribution in [-0.4, -0.2) is 70.9 Å². The first-order chi connectivity index (χ1) is 12.0. The molecular formula is C18H27N5O2. The highest BCUT2D eigenvalue weighted by molar-refractivity contribution is 5.85. The average molecular weight is 345 g/mol. The van der Waals surface area contributed by atoms with Gasteiger partial charge < -0.3 is 14.7 Å². The summed E-state index contributed by atoms with van der Waals surface area (Å²) in [5, 5.41) is 0. The molecule has 0 bridgehead atoms. The fraction of sp³-hybridized carbons (Fsp3) is 0.667. The predicted molar refractivity (Wildman–Crippen MR) is 95.3 cm³/mol. The van der Waals surface area contributed by atoms with E-state index in [9.17, 15) is 9.59 Å². The van der Waals surface area contributed by atoms with Gasteiger partial charge in [0.05, 0.1) is 6.54 Å². The lowest BCUT2D eigenvalue weighted by Gasteiger charge is -2.29. The second kappa shape index (κ2) is 7.80. The molecule has 0 radical (unpaired) electrons. The van der Waals surface area contributed by atoms with E-state index in [0.717, 1.165) is 56.2 Å². The van der Waals surface area contributed by atoms with Crippen LogP contribution in [0.3, 0.4) is 0 Å². The van der Waals surface area contributed by atoms with E-state index in [0.29, 0.717) is 19.5 Å². The van der Waals surface area contributed by atoms with Crippen LogP contribution in [0.5, 0.6) is 0 Å². The summed E-state index contributed by atoms with van der Waals surface area (Å²) in [5.41, 5.74) is 1.92. The van der Waals surface area contributed by atoms with Crippen molar-refractivity contribution in [3.8, 4) is 0 Å². The zero-order chi connectivity index (χ0) is 17.8. The first-order valence-corrected chi connectivity index (χ1v) is 9.16. The van der Waals surface area contributed by atoms with Crippen molar-refractivity contribution in [3.05, 3.63) is 17.5 Å². The van der Waals surface area contributed by atoms with Crippen molar-refractivity contribution in [1.82, 2.24) is 19.8 Å². The summed E-state index contributed by atoms with van der Waals surface area (Å²) >= 11 is 0. The van der Waals surface area contributed by atoms with Crippen molar-refractivity contribution in [2.75, 3.05) is 44.2 Å². The van der Waals surface area contributed by atoms with Gasteiger partial charge in [-0.2, -0.15) is 0 Å². The number of aromatic nitrogens is 2. The summed E-state index contributed by atoms with van der Waals surface area (Å²) in [6.07, 6.45) is 3.40. The summed E-state index contributed by atoms with van der Waals surface area (Å²) in [7, 11) is 0. The number of hydrogen-bond donors (Lipinski definition) is 0. The van der Waals surface area contributed by atoms with Crippen LogP contribution in [0.15, 0.2) is 6.07 Å². The fourth-order valence-corrected chi connectivity index (χ4v) is 3.51. The van der Waals surface area contributed by atoms with Crippen LogP contribution < -0.4 is 4.90 Å². The Hall–Kier alpha value is -2.18. The summed E-state index contributed by atoms with van der Waals surface area (Å²) in [4.78, 5) is 39.3. The van der Waals surface area contributed by atoms with Gasteiger partial charge in [0.15, 0.2) is 0 Å². The number of carbonyl (C=O) groups excluding carboxylic acids is 2. The van der Waals surface area contributed by atoms with Gasteiger partial charge in [-0.05, 0) is 39.2 Å². The molecule has 1 aromatic heterocycles. The number of hydrogen-bond acceptors (Lipinski definition) is 5. The largest absolute Gasteiger partial charge is 0.339 e. The lowest BCUT2D eigenvalue weighted by Crippen LogP contribution is -2.45. The van der Waals surface area contributed by atoms with E-state index in [1.54, 1.807) is 4.90 Å². The minimum atomic E-state index is 0.0541. The van der Waals surface area contributed by atoms with E-state index < -0.39 is 0 Å². The lowest BCUT2D eigenvalue weighted by atomic mass is 10.1. The third kappa shape index (κ3) is 4.46. The van der Waals surface area contributed by atoms with Gasteiger partial charge in [0.1, 0.15) is 0 Å². The first-order valence-electron chi connectivity index (χ1n) is 9.16. The molecule has 2 amide bonds. The van der Waals surface area contributed by atoms with Crippen molar-refractivity contribution < 1.29 is 9.59 Å². The fourth-order valence-electron chi connectivity index (χ4n) is 3.51. The summed E-state index contributed by atoms with van der Waals surface area (Å²) < 4.78 is 0. The van der Waals surface area contributed by atoms with Crippen molar-refractivity contribution in [2.45, 2.75) is 39.5 Å². The van der Waals surface area contributed by atoms with Crippen LogP contribution in [0.4, 0.5) is 5.95 Å².